The number of nitrogens with one attached hydrogen (secondary N) is 1. The number of aromatic nitrogens is 2. The number of fused-ring (bicyclic) bond motifs is 1. The molecule has 126 valence electrons. The van der Waals surface area contributed by atoms with E-state index in [2.05, 4.69) is 27.9 Å². The van der Waals surface area contributed by atoms with Crippen molar-refractivity contribution < 1.29 is 8.42 Å². The standard InChI is InChI=1S/C16H24N4O2S/c1-3-4-11-23(21,22)20-9-7-19(8-10-20)16-17-14-6-5-13(2)12-15(14)18-16/h5-6,12H,3-4,7-11H2,1-2H3,(H,17,18). The Labute approximate surface area is 137 Å². The van der Waals surface area contributed by atoms with Crippen molar-refractivity contribution in [1.29, 1.82) is 0 Å². The summed E-state index contributed by atoms with van der Waals surface area (Å²) in [5, 5.41) is 0. The lowest BCUT2D eigenvalue weighted by Crippen LogP contribution is -2.49. The van der Waals surface area contributed by atoms with E-state index in [0.717, 1.165) is 29.8 Å². The van der Waals surface area contributed by atoms with Crippen LogP contribution in [0.2, 0.25) is 0 Å². The third kappa shape index (κ3) is 3.50. The number of benzene rings is 1. The van der Waals surface area contributed by atoms with Gasteiger partial charge in [-0.3, -0.25) is 0 Å². The van der Waals surface area contributed by atoms with Gasteiger partial charge in [-0.2, -0.15) is 4.31 Å². The van der Waals surface area contributed by atoms with Crippen LogP contribution < -0.4 is 4.90 Å². The van der Waals surface area contributed by atoms with E-state index in [4.69, 9.17) is 0 Å². The molecule has 23 heavy (non-hydrogen) atoms. The second kappa shape index (κ2) is 6.49. The fourth-order valence-electron chi connectivity index (χ4n) is 2.89. The van der Waals surface area contributed by atoms with Crippen LogP contribution in [0, 0.1) is 6.92 Å². The van der Waals surface area contributed by atoms with Gasteiger partial charge in [-0.25, -0.2) is 13.4 Å². The Morgan fingerprint density at radius 3 is 2.65 bits per heavy atom. The van der Waals surface area contributed by atoms with Crippen LogP contribution >= 0.6 is 0 Å². The van der Waals surface area contributed by atoms with Gasteiger partial charge in [0.25, 0.3) is 0 Å². The van der Waals surface area contributed by atoms with Crippen molar-refractivity contribution >= 4 is 27.0 Å². The molecule has 0 amide bonds. The monoisotopic (exact) mass is 336 g/mol. The Bertz CT molecular complexity index is 776. The maximum atomic E-state index is 12.2. The number of unbranched alkanes of at least 4 members (excludes halogenated alkanes) is 1. The van der Waals surface area contributed by atoms with Gasteiger partial charge in [-0.05, 0) is 31.0 Å². The highest BCUT2D eigenvalue weighted by atomic mass is 32.2. The van der Waals surface area contributed by atoms with Crippen molar-refractivity contribution in [3.05, 3.63) is 23.8 Å². The fourth-order valence-corrected chi connectivity index (χ4v) is 4.52. The summed E-state index contributed by atoms with van der Waals surface area (Å²) in [6, 6.07) is 6.14. The SMILES string of the molecule is CCCCS(=O)(=O)N1CCN(c2nc3ccc(C)cc3[nH]2)CC1. The van der Waals surface area contributed by atoms with Gasteiger partial charge in [0.2, 0.25) is 16.0 Å². The number of aryl methyl sites for hydroxylation is 1. The van der Waals surface area contributed by atoms with Gasteiger partial charge in [0.1, 0.15) is 0 Å². The van der Waals surface area contributed by atoms with Crippen molar-refractivity contribution in [1.82, 2.24) is 14.3 Å². The van der Waals surface area contributed by atoms with E-state index in [1.165, 1.54) is 5.56 Å². The summed E-state index contributed by atoms with van der Waals surface area (Å²) in [4.78, 5) is 10.1. The molecule has 1 aromatic carbocycles. The van der Waals surface area contributed by atoms with Crippen LogP contribution in [0.4, 0.5) is 5.95 Å². The molecule has 1 saturated heterocycles. The summed E-state index contributed by atoms with van der Waals surface area (Å²) in [7, 11) is -3.11. The molecule has 1 aliphatic heterocycles. The fraction of sp³-hybridized carbons (Fsp3) is 0.562. The Morgan fingerprint density at radius 2 is 1.96 bits per heavy atom. The normalized spacial score (nSPS) is 17.0. The van der Waals surface area contributed by atoms with E-state index in [9.17, 15) is 8.42 Å². The highest BCUT2D eigenvalue weighted by molar-refractivity contribution is 7.89. The Hall–Kier alpha value is -1.60. The molecule has 1 N–H and O–H groups in total. The molecule has 0 bridgehead atoms. The lowest BCUT2D eigenvalue weighted by atomic mass is 10.2. The predicted molar refractivity (Wildman–Crippen MR) is 93.3 cm³/mol. The number of imidazole rings is 1. The smallest absolute Gasteiger partial charge is 0.214 e. The van der Waals surface area contributed by atoms with Crippen molar-refractivity contribution in [3.8, 4) is 0 Å². The summed E-state index contributed by atoms with van der Waals surface area (Å²) < 4.78 is 26.1. The maximum Gasteiger partial charge on any atom is 0.214 e. The molecule has 0 radical (unpaired) electrons. The van der Waals surface area contributed by atoms with Gasteiger partial charge in [-0.1, -0.05) is 19.4 Å². The molecule has 0 atom stereocenters. The van der Waals surface area contributed by atoms with E-state index < -0.39 is 10.0 Å². The molecule has 1 aromatic heterocycles. The largest absolute Gasteiger partial charge is 0.340 e. The molecule has 0 unspecified atom stereocenters. The molecule has 2 heterocycles. The third-order valence-corrected chi connectivity index (χ3v) is 6.27. The topological polar surface area (TPSA) is 69.3 Å². The van der Waals surface area contributed by atoms with E-state index in [-0.39, 0.29) is 5.75 Å². The Morgan fingerprint density at radius 1 is 1.22 bits per heavy atom. The number of hydrogen-bond donors (Lipinski definition) is 1. The zero-order chi connectivity index (χ0) is 16.4. The maximum absolute atomic E-state index is 12.2. The Balaban J connectivity index is 1.68. The average molecular weight is 336 g/mol. The lowest BCUT2D eigenvalue weighted by molar-refractivity contribution is 0.382. The van der Waals surface area contributed by atoms with Gasteiger partial charge in [0.05, 0.1) is 16.8 Å². The summed E-state index contributed by atoms with van der Waals surface area (Å²) in [6.45, 7) is 6.47. The first kappa shape index (κ1) is 16.3. The van der Waals surface area contributed by atoms with Gasteiger partial charge >= 0.3 is 0 Å². The van der Waals surface area contributed by atoms with E-state index in [1.807, 2.05) is 19.1 Å². The van der Waals surface area contributed by atoms with Gasteiger partial charge in [-0.15, -0.1) is 0 Å². The number of anilines is 1. The molecule has 1 fully saturated rings. The molecule has 0 spiro atoms. The van der Waals surface area contributed by atoms with Crippen molar-refractivity contribution in [2.24, 2.45) is 0 Å². The zero-order valence-electron chi connectivity index (χ0n) is 13.7. The van der Waals surface area contributed by atoms with E-state index in [0.29, 0.717) is 26.2 Å². The number of aromatic amines is 1. The highest BCUT2D eigenvalue weighted by Crippen LogP contribution is 2.20. The van der Waals surface area contributed by atoms with Crippen LogP contribution in [0.5, 0.6) is 0 Å². The molecule has 6 nitrogen and oxygen atoms in total. The van der Waals surface area contributed by atoms with Crippen LogP contribution in [0.15, 0.2) is 18.2 Å². The van der Waals surface area contributed by atoms with Crippen molar-refractivity contribution in [3.63, 3.8) is 0 Å². The summed E-state index contributed by atoms with van der Waals surface area (Å²) in [6.07, 6.45) is 1.63. The van der Waals surface area contributed by atoms with Gasteiger partial charge < -0.3 is 9.88 Å². The minimum atomic E-state index is -3.11. The highest BCUT2D eigenvalue weighted by Gasteiger charge is 2.27. The number of nitrogens with zero attached hydrogens (tertiary/aromatic N) is 3. The third-order valence-electron chi connectivity index (χ3n) is 4.31. The number of H-pyrrole nitrogens is 1. The summed E-state index contributed by atoms with van der Waals surface area (Å²) in [5.74, 6) is 1.09. The first-order valence-corrected chi connectivity index (χ1v) is 9.79. The van der Waals surface area contributed by atoms with Crippen LogP contribution in [0.3, 0.4) is 0 Å². The second-order valence-corrected chi connectivity index (χ2v) is 8.23. The van der Waals surface area contributed by atoms with Crippen molar-refractivity contribution in [2.45, 2.75) is 26.7 Å². The molecular formula is C16H24N4O2S. The molecule has 1 aliphatic rings. The molecule has 2 aromatic rings. The molecule has 0 saturated carbocycles. The number of piperazine rings is 1. The molecule has 0 aliphatic carbocycles. The first-order valence-electron chi connectivity index (χ1n) is 8.19. The van der Waals surface area contributed by atoms with Crippen LogP contribution in [-0.2, 0) is 10.0 Å². The van der Waals surface area contributed by atoms with Gasteiger partial charge in [0, 0.05) is 26.2 Å². The summed E-state index contributed by atoms with van der Waals surface area (Å²) >= 11 is 0. The molecule has 7 heteroatoms. The number of sulfonamides is 1. The van der Waals surface area contributed by atoms with Gasteiger partial charge in [0.15, 0.2) is 0 Å². The lowest BCUT2D eigenvalue weighted by Gasteiger charge is -2.33. The Kier molecular flexibility index (Phi) is 4.59. The number of rotatable bonds is 5. The van der Waals surface area contributed by atoms with Crippen molar-refractivity contribution in [2.75, 3.05) is 36.8 Å². The number of hydrogen-bond acceptors (Lipinski definition) is 4. The van der Waals surface area contributed by atoms with Crippen LogP contribution in [0.25, 0.3) is 11.0 Å². The summed E-state index contributed by atoms with van der Waals surface area (Å²) in [5.41, 5.74) is 3.17. The molecule has 3 rings (SSSR count). The van der Waals surface area contributed by atoms with Crippen LogP contribution in [-0.4, -0.2) is 54.6 Å². The second-order valence-electron chi connectivity index (χ2n) is 6.14. The quantitative estimate of drug-likeness (QED) is 0.908. The predicted octanol–water partition coefficient (Wildman–Crippen LogP) is 2.12. The van der Waals surface area contributed by atoms with E-state index in [1.54, 1.807) is 4.31 Å². The minimum absolute atomic E-state index is 0.257. The zero-order valence-corrected chi connectivity index (χ0v) is 14.6. The van der Waals surface area contributed by atoms with E-state index >= 15 is 0 Å². The average Bonchev–Trinajstić information content (AvgIpc) is 2.96. The van der Waals surface area contributed by atoms with Crippen LogP contribution in [0.1, 0.15) is 25.3 Å². The first-order chi connectivity index (χ1) is 11.0. The minimum Gasteiger partial charge on any atom is -0.340 e. The molecular weight excluding hydrogens is 312 g/mol.